The maximum absolute atomic E-state index is 5.89. The lowest BCUT2D eigenvalue weighted by atomic mass is 10.1. The molecule has 4 heteroatoms. The molecule has 0 aliphatic carbocycles. The van der Waals surface area contributed by atoms with E-state index in [1.165, 1.54) is 5.57 Å². The normalized spacial score (nSPS) is 17.1. The summed E-state index contributed by atoms with van der Waals surface area (Å²) in [4.78, 5) is 6.47. The van der Waals surface area contributed by atoms with Gasteiger partial charge in [0.2, 0.25) is 0 Å². The Morgan fingerprint density at radius 3 is 2.81 bits per heavy atom. The molecule has 0 unspecified atom stereocenters. The first kappa shape index (κ1) is 13.0. The van der Waals surface area contributed by atoms with Gasteiger partial charge in [0.1, 0.15) is 0 Å². The summed E-state index contributed by atoms with van der Waals surface area (Å²) >= 11 is 0. The van der Waals surface area contributed by atoms with Crippen molar-refractivity contribution in [2.24, 2.45) is 10.7 Å². The minimum atomic E-state index is 0.664. The molecule has 1 aliphatic rings. The molecule has 0 aromatic heterocycles. The second-order valence-electron chi connectivity index (χ2n) is 3.85. The zero-order chi connectivity index (χ0) is 11.8. The Hall–Kier alpha value is -1.03. The highest BCUT2D eigenvalue weighted by Gasteiger charge is 2.04. The molecule has 1 aliphatic heterocycles. The van der Waals surface area contributed by atoms with E-state index >= 15 is 0 Å². The average molecular weight is 225 g/mol. The number of nitrogens with two attached hydrogens (primary N) is 1. The zero-order valence-corrected chi connectivity index (χ0v) is 10.4. The first-order chi connectivity index (χ1) is 7.77. The van der Waals surface area contributed by atoms with Crippen LogP contribution in [0.2, 0.25) is 0 Å². The summed E-state index contributed by atoms with van der Waals surface area (Å²) in [5.74, 6) is 0.664. The smallest absolute Gasteiger partial charge is 0.191 e. The molecule has 0 aromatic rings. The summed E-state index contributed by atoms with van der Waals surface area (Å²) in [6.45, 7) is 8.41. The lowest BCUT2D eigenvalue weighted by Gasteiger charge is -2.19. The second kappa shape index (κ2) is 7.28. The number of hydrogen-bond donors (Lipinski definition) is 1. The zero-order valence-electron chi connectivity index (χ0n) is 10.4. The fraction of sp³-hybridized carbons (Fsp3) is 0.750. The monoisotopic (exact) mass is 225 g/mol. The van der Waals surface area contributed by atoms with E-state index in [1.807, 2.05) is 0 Å². The molecule has 0 amide bonds. The van der Waals surface area contributed by atoms with E-state index in [1.54, 1.807) is 0 Å². The molecule has 0 saturated heterocycles. The van der Waals surface area contributed by atoms with E-state index in [-0.39, 0.29) is 0 Å². The van der Waals surface area contributed by atoms with Crippen LogP contribution in [-0.4, -0.2) is 43.7 Å². The third-order valence-corrected chi connectivity index (χ3v) is 2.85. The minimum Gasteiger partial charge on any atom is -0.377 e. The molecule has 1 heterocycles. The highest BCUT2D eigenvalue weighted by molar-refractivity contribution is 5.77. The molecule has 4 nitrogen and oxygen atoms in total. The van der Waals surface area contributed by atoms with Gasteiger partial charge in [0.25, 0.3) is 0 Å². The molecule has 16 heavy (non-hydrogen) atoms. The van der Waals surface area contributed by atoms with E-state index in [2.05, 4.69) is 29.8 Å². The third-order valence-electron chi connectivity index (χ3n) is 2.85. The predicted octanol–water partition coefficient (Wildman–Crippen LogP) is 1.38. The van der Waals surface area contributed by atoms with Crippen molar-refractivity contribution in [2.75, 3.05) is 32.8 Å². The fourth-order valence-electron chi connectivity index (χ4n) is 1.75. The SMILES string of the molecule is CCN(CC)C(N)=NCCC1=CCOCC1. The molecule has 0 atom stereocenters. The van der Waals surface area contributed by atoms with Gasteiger partial charge in [0, 0.05) is 19.6 Å². The number of aliphatic imine (C=N–C) groups is 1. The molecular weight excluding hydrogens is 202 g/mol. The Balaban J connectivity index is 2.32. The fourth-order valence-corrected chi connectivity index (χ4v) is 1.75. The van der Waals surface area contributed by atoms with Crippen LogP contribution in [0.25, 0.3) is 0 Å². The predicted molar refractivity (Wildman–Crippen MR) is 67.5 cm³/mol. The van der Waals surface area contributed by atoms with E-state index < -0.39 is 0 Å². The molecule has 0 aromatic carbocycles. The number of rotatable bonds is 5. The molecule has 0 saturated carbocycles. The third kappa shape index (κ3) is 4.23. The van der Waals surface area contributed by atoms with Gasteiger partial charge in [-0.25, -0.2) is 0 Å². The summed E-state index contributed by atoms with van der Waals surface area (Å²) in [5.41, 5.74) is 7.33. The maximum atomic E-state index is 5.89. The lowest BCUT2D eigenvalue weighted by molar-refractivity contribution is 0.153. The van der Waals surface area contributed by atoms with Crippen LogP contribution < -0.4 is 5.73 Å². The van der Waals surface area contributed by atoms with Gasteiger partial charge in [-0.3, -0.25) is 4.99 Å². The number of ether oxygens (including phenoxy) is 1. The van der Waals surface area contributed by atoms with Crippen molar-refractivity contribution >= 4 is 5.96 Å². The van der Waals surface area contributed by atoms with E-state index in [0.29, 0.717) is 5.96 Å². The van der Waals surface area contributed by atoms with Gasteiger partial charge in [-0.1, -0.05) is 11.6 Å². The number of nitrogens with zero attached hydrogens (tertiary/aromatic N) is 2. The van der Waals surface area contributed by atoms with Crippen LogP contribution in [0.3, 0.4) is 0 Å². The Kier molecular flexibility index (Phi) is 5.93. The molecular formula is C12H23N3O. The minimum absolute atomic E-state index is 0.664. The lowest BCUT2D eigenvalue weighted by Crippen LogP contribution is -2.37. The van der Waals surface area contributed by atoms with Crippen LogP contribution in [0, 0.1) is 0 Å². The highest BCUT2D eigenvalue weighted by atomic mass is 16.5. The van der Waals surface area contributed by atoms with Gasteiger partial charge >= 0.3 is 0 Å². The summed E-state index contributed by atoms with van der Waals surface area (Å²) in [6.07, 6.45) is 4.21. The largest absolute Gasteiger partial charge is 0.377 e. The average Bonchev–Trinajstić information content (AvgIpc) is 2.32. The first-order valence-corrected chi connectivity index (χ1v) is 6.08. The van der Waals surface area contributed by atoms with Gasteiger partial charge in [-0.05, 0) is 26.7 Å². The van der Waals surface area contributed by atoms with Gasteiger partial charge < -0.3 is 15.4 Å². The van der Waals surface area contributed by atoms with E-state index in [9.17, 15) is 0 Å². The molecule has 0 spiro atoms. The van der Waals surface area contributed by atoms with Crippen molar-refractivity contribution in [2.45, 2.75) is 26.7 Å². The summed E-state index contributed by atoms with van der Waals surface area (Å²) in [5, 5.41) is 0. The summed E-state index contributed by atoms with van der Waals surface area (Å²) in [7, 11) is 0. The van der Waals surface area contributed by atoms with Crippen LogP contribution in [0.15, 0.2) is 16.6 Å². The van der Waals surface area contributed by atoms with Gasteiger partial charge in [0.15, 0.2) is 5.96 Å². The summed E-state index contributed by atoms with van der Waals surface area (Å²) < 4.78 is 5.26. The topological polar surface area (TPSA) is 50.8 Å². The molecule has 0 fully saturated rings. The van der Waals surface area contributed by atoms with Gasteiger partial charge in [-0.15, -0.1) is 0 Å². The highest BCUT2D eigenvalue weighted by Crippen LogP contribution is 2.11. The van der Waals surface area contributed by atoms with Crippen molar-refractivity contribution < 1.29 is 4.74 Å². The van der Waals surface area contributed by atoms with Crippen molar-refractivity contribution in [1.82, 2.24) is 4.90 Å². The van der Waals surface area contributed by atoms with Crippen LogP contribution in [0.4, 0.5) is 0 Å². The molecule has 2 N–H and O–H groups in total. The van der Waals surface area contributed by atoms with Gasteiger partial charge in [0.05, 0.1) is 13.2 Å². The first-order valence-electron chi connectivity index (χ1n) is 6.08. The Bertz CT molecular complexity index is 257. The Morgan fingerprint density at radius 1 is 1.50 bits per heavy atom. The molecule has 1 rings (SSSR count). The van der Waals surface area contributed by atoms with E-state index in [4.69, 9.17) is 10.5 Å². The standard InChI is InChI=1S/C12H23N3O/c1-3-15(4-2)12(13)14-8-5-11-6-9-16-10-7-11/h6H,3-5,7-10H2,1-2H3,(H2,13,14). The van der Waals surface area contributed by atoms with Crippen molar-refractivity contribution in [3.63, 3.8) is 0 Å². The summed E-state index contributed by atoms with van der Waals surface area (Å²) in [6, 6.07) is 0. The van der Waals surface area contributed by atoms with Crippen LogP contribution in [0.1, 0.15) is 26.7 Å². The quantitative estimate of drug-likeness (QED) is 0.437. The van der Waals surface area contributed by atoms with Crippen molar-refractivity contribution in [3.05, 3.63) is 11.6 Å². The van der Waals surface area contributed by atoms with Crippen LogP contribution in [0.5, 0.6) is 0 Å². The molecule has 0 radical (unpaired) electrons. The Morgan fingerprint density at radius 2 is 2.25 bits per heavy atom. The second-order valence-corrected chi connectivity index (χ2v) is 3.85. The van der Waals surface area contributed by atoms with E-state index in [0.717, 1.165) is 45.7 Å². The van der Waals surface area contributed by atoms with Crippen LogP contribution in [-0.2, 0) is 4.74 Å². The number of guanidine groups is 1. The van der Waals surface area contributed by atoms with Crippen molar-refractivity contribution in [1.29, 1.82) is 0 Å². The maximum Gasteiger partial charge on any atom is 0.191 e. The van der Waals surface area contributed by atoms with Gasteiger partial charge in [-0.2, -0.15) is 0 Å². The van der Waals surface area contributed by atoms with Crippen molar-refractivity contribution in [3.8, 4) is 0 Å². The number of hydrogen-bond acceptors (Lipinski definition) is 2. The Labute approximate surface area is 98.2 Å². The molecule has 0 bridgehead atoms. The molecule has 92 valence electrons. The van der Waals surface area contributed by atoms with Crippen LogP contribution >= 0.6 is 0 Å².